The van der Waals surface area contributed by atoms with Gasteiger partial charge in [-0.15, -0.1) is 0 Å². The number of rotatable bonds is 2. The molecule has 4 aliphatic rings. The van der Waals surface area contributed by atoms with Gasteiger partial charge in [-0.1, -0.05) is 32.4 Å². The topological polar surface area (TPSA) is 94.8 Å². The van der Waals surface area contributed by atoms with Crippen LogP contribution in [0.5, 0.6) is 0 Å². The van der Waals surface area contributed by atoms with E-state index in [9.17, 15) is 24.9 Å². The van der Waals surface area contributed by atoms with Crippen LogP contribution in [0.3, 0.4) is 0 Å². The van der Waals surface area contributed by atoms with Crippen molar-refractivity contribution in [3.8, 4) is 0 Å². The number of carbonyl (C=O) groups excluding carboxylic acids is 2. The van der Waals surface area contributed by atoms with Gasteiger partial charge in [0.15, 0.2) is 11.6 Å². The summed E-state index contributed by atoms with van der Waals surface area (Å²) >= 11 is 0. The van der Waals surface area contributed by atoms with Crippen molar-refractivity contribution >= 4 is 11.6 Å². The van der Waals surface area contributed by atoms with E-state index in [1.165, 1.54) is 0 Å². The highest BCUT2D eigenvalue weighted by atomic mass is 16.3. The molecule has 0 bridgehead atoms. The lowest BCUT2D eigenvalue weighted by Crippen LogP contribution is -2.62. The smallest absolute Gasteiger partial charge is 0.190 e. The summed E-state index contributed by atoms with van der Waals surface area (Å²) in [5, 5.41) is 32.1. The number of aliphatic hydroxyl groups is 3. The zero-order chi connectivity index (χ0) is 19.8. The highest BCUT2D eigenvalue weighted by molar-refractivity contribution is 6.01. The minimum Gasteiger partial charge on any atom is -0.393 e. The molecule has 3 N–H and O–H groups in total. The predicted molar refractivity (Wildman–Crippen MR) is 99.6 cm³/mol. The molecule has 0 heterocycles. The van der Waals surface area contributed by atoms with Crippen molar-refractivity contribution in [2.45, 2.75) is 58.2 Å². The Kier molecular flexibility index (Phi) is 4.12. The van der Waals surface area contributed by atoms with E-state index in [0.717, 1.165) is 18.4 Å². The van der Waals surface area contributed by atoms with Crippen LogP contribution in [0, 0.1) is 34.5 Å². The molecule has 0 saturated heterocycles. The molecule has 0 aromatic carbocycles. The maximum Gasteiger partial charge on any atom is 0.190 e. The Labute approximate surface area is 160 Å². The zero-order valence-corrected chi connectivity index (χ0v) is 16.3. The average Bonchev–Trinajstić information content (AvgIpc) is 2.82. The maximum absolute atomic E-state index is 12.6. The van der Waals surface area contributed by atoms with E-state index in [4.69, 9.17) is 0 Å². The molecule has 148 valence electrons. The van der Waals surface area contributed by atoms with Crippen molar-refractivity contribution < 1.29 is 24.9 Å². The van der Waals surface area contributed by atoms with Crippen molar-refractivity contribution in [2.75, 3.05) is 6.61 Å². The number of carbonyl (C=O) groups is 2. The molecule has 0 unspecified atom stereocenters. The second-order valence-electron chi connectivity index (χ2n) is 9.70. The Morgan fingerprint density at radius 1 is 1.33 bits per heavy atom. The van der Waals surface area contributed by atoms with Crippen LogP contribution in [-0.2, 0) is 9.59 Å². The second kappa shape index (κ2) is 5.85. The standard InChI is InChI=1S/C22H30O5/c1-12-8-16-15-5-4-13-9-14(24)6-7-20(13,2)19(15)17(25)10-21(16,3)22(12,27)18(26)11-23/h6-7,9,12,15-17,19,23,25,27H,4-5,8,10-11H2,1-3H3/t12-,15+,16+,17+,19+,20+,21+,22+/m1/s1. The van der Waals surface area contributed by atoms with Gasteiger partial charge in [0.05, 0.1) is 6.10 Å². The number of allylic oxidation sites excluding steroid dienone is 4. The lowest BCUT2D eigenvalue weighted by Gasteiger charge is -2.59. The Morgan fingerprint density at radius 3 is 2.70 bits per heavy atom. The fraction of sp³-hybridized carbons (Fsp3) is 0.727. The summed E-state index contributed by atoms with van der Waals surface area (Å²) in [6.07, 6.45) is 7.30. The zero-order valence-electron chi connectivity index (χ0n) is 16.3. The molecule has 4 aliphatic carbocycles. The van der Waals surface area contributed by atoms with E-state index >= 15 is 0 Å². The van der Waals surface area contributed by atoms with Gasteiger partial charge in [-0.2, -0.15) is 0 Å². The molecule has 5 heteroatoms. The molecule has 3 saturated carbocycles. The van der Waals surface area contributed by atoms with Gasteiger partial charge in [-0.25, -0.2) is 0 Å². The Hall–Kier alpha value is -1.30. The molecule has 3 fully saturated rings. The summed E-state index contributed by atoms with van der Waals surface area (Å²) in [7, 11) is 0. The van der Waals surface area contributed by atoms with Crippen molar-refractivity contribution in [1.82, 2.24) is 0 Å². The van der Waals surface area contributed by atoms with Crippen molar-refractivity contribution in [3.63, 3.8) is 0 Å². The van der Waals surface area contributed by atoms with E-state index in [2.05, 4.69) is 6.92 Å². The summed E-state index contributed by atoms with van der Waals surface area (Å²) in [5.41, 5.74) is -1.62. The lowest BCUT2D eigenvalue weighted by atomic mass is 9.46. The summed E-state index contributed by atoms with van der Waals surface area (Å²) in [6.45, 7) is 5.23. The van der Waals surface area contributed by atoms with Crippen LogP contribution in [0.4, 0.5) is 0 Å². The summed E-state index contributed by atoms with van der Waals surface area (Å²) in [4.78, 5) is 24.4. The quantitative estimate of drug-likeness (QED) is 0.685. The first-order valence-electron chi connectivity index (χ1n) is 10.1. The van der Waals surface area contributed by atoms with Gasteiger partial charge in [0.2, 0.25) is 0 Å². The first-order valence-corrected chi connectivity index (χ1v) is 10.1. The van der Waals surface area contributed by atoms with Crippen LogP contribution in [0.2, 0.25) is 0 Å². The van der Waals surface area contributed by atoms with E-state index in [0.29, 0.717) is 12.8 Å². The number of hydrogen-bond donors (Lipinski definition) is 3. The molecule has 0 spiro atoms. The van der Waals surface area contributed by atoms with Gasteiger partial charge >= 0.3 is 0 Å². The molecule has 0 amide bonds. The van der Waals surface area contributed by atoms with Crippen molar-refractivity contribution in [2.24, 2.45) is 34.5 Å². The molecule has 27 heavy (non-hydrogen) atoms. The second-order valence-corrected chi connectivity index (χ2v) is 9.70. The molecule has 0 radical (unpaired) electrons. The summed E-state index contributed by atoms with van der Waals surface area (Å²) in [5.74, 6) is -0.539. The Balaban J connectivity index is 1.78. The summed E-state index contributed by atoms with van der Waals surface area (Å²) < 4.78 is 0. The fourth-order valence-corrected chi connectivity index (χ4v) is 7.37. The molecule has 0 aromatic heterocycles. The predicted octanol–water partition coefficient (Wildman–Crippen LogP) is 1.80. The normalized spacial score (nSPS) is 51.3. The monoisotopic (exact) mass is 374 g/mol. The van der Waals surface area contributed by atoms with Crippen LogP contribution in [0.15, 0.2) is 23.8 Å². The Morgan fingerprint density at radius 2 is 2.04 bits per heavy atom. The van der Waals surface area contributed by atoms with E-state index in [1.54, 1.807) is 12.2 Å². The third-order valence-electron chi connectivity index (χ3n) is 8.65. The van der Waals surface area contributed by atoms with E-state index in [-0.39, 0.29) is 34.9 Å². The minimum atomic E-state index is -1.60. The van der Waals surface area contributed by atoms with Gasteiger partial charge in [0.25, 0.3) is 0 Å². The first kappa shape index (κ1) is 19.0. The van der Waals surface area contributed by atoms with Crippen molar-refractivity contribution in [1.29, 1.82) is 0 Å². The van der Waals surface area contributed by atoms with Gasteiger partial charge in [0.1, 0.15) is 12.2 Å². The van der Waals surface area contributed by atoms with Crippen LogP contribution >= 0.6 is 0 Å². The number of Topliss-reactive ketones (excluding diaryl/α,β-unsaturated/α-hetero) is 1. The lowest BCUT2D eigenvalue weighted by molar-refractivity contribution is -0.183. The largest absolute Gasteiger partial charge is 0.393 e. The van der Waals surface area contributed by atoms with E-state index < -0.39 is 29.5 Å². The molecule has 0 aromatic rings. The molecule has 5 nitrogen and oxygen atoms in total. The number of aliphatic hydroxyl groups excluding tert-OH is 2. The summed E-state index contributed by atoms with van der Waals surface area (Å²) in [6, 6.07) is 0. The minimum absolute atomic E-state index is 0.00784. The highest BCUT2D eigenvalue weighted by Crippen LogP contribution is 2.68. The molecule has 0 aliphatic heterocycles. The molecular formula is C22H30O5. The van der Waals surface area contributed by atoms with Crippen LogP contribution in [0.1, 0.15) is 46.5 Å². The van der Waals surface area contributed by atoms with Crippen LogP contribution in [-0.4, -0.2) is 45.2 Å². The van der Waals surface area contributed by atoms with Gasteiger partial charge in [-0.3, -0.25) is 9.59 Å². The fourth-order valence-electron chi connectivity index (χ4n) is 7.37. The average molecular weight is 374 g/mol. The number of hydrogen-bond acceptors (Lipinski definition) is 5. The third kappa shape index (κ3) is 2.22. The SMILES string of the molecule is C[C@@H]1C[C@H]2[C@@H]3CCC4=CC(=O)C=C[C@]4(C)[C@@H]3[C@@H](O)C[C@]2(C)[C@@]1(O)C(=O)CO. The number of ketones is 2. The van der Waals surface area contributed by atoms with Crippen LogP contribution in [0.25, 0.3) is 0 Å². The van der Waals surface area contributed by atoms with Gasteiger partial charge in [-0.05, 0) is 55.6 Å². The number of fused-ring (bicyclic) bond motifs is 5. The molecular weight excluding hydrogens is 344 g/mol. The van der Waals surface area contributed by atoms with Crippen LogP contribution < -0.4 is 0 Å². The Bertz CT molecular complexity index is 754. The van der Waals surface area contributed by atoms with Gasteiger partial charge in [0, 0.05) is 16.7 Å². The van der Waals surface area contributed by atoms with E-state index in [1.807, 2.05) is 19.9 Å². The maximum atomic E-state index is 12.6. The first-order chi connectivity index (χ1) is 12.6. The molecule has 4 rings (SSSR count). The van der Waals surface area contributed by atoms with Gasteiger partial charge < -0.3 is 15.3 Å². The van der Waals surface area contributed by atoms with Crippen molar-refractivity contribution in [3.05, 3.63) is 23.8 Å². The molecule has 8 atom stereocenters. The highest BCUT2D eigenvalue weighted by Gasteiger charge is 2.70. The third-order valence-corrected chi connectivity index (χ3v) is 8.65.